The fourth-order valence-corrected chi connectivity index (χ4v) is 2.02. The first-order valence-corrected chi connectivity index (χ1v) is 7.10. The maximum atomic E-state index is 12.9. The average molecular weight is 317 g/mol. The van der Waals surface area contributed by atoms with E-state index in [0.717, 1.165) is 11.3 Å². The molecule has 2 rings (SSSR count). The lowest BCUT2D eigenvalue weighted by molar-refractivity contribution is 0.355. The minimum atomic E-state index is -0.249. The molecule has 0 unspecified atom stereocenters. The van der Waals surface area contributed by atoms with E-state index in [9.17, 15) is 4.39 Å². The van der Waals surface area contributed by atoms with Crippen LogP contribution in [-0.2, 0) is 6.54 Å². The largest absolute Gasteiger partial charge is 0.493 e. The van der Waals surface area contributed by atoms with E-state index in [1.54, 1.807) is 33.4 Å². The fraction of sp³-hybridized carbons (Fsp3) is 0.235. The van der Waals surface area contributed by atoms with E-state index in [0.29, 0.717) is 24.0 Å². The molecule has 0 saturated carbocycles. The van der Waals surface area contributed by atoms with Gasteiger partial charge >= 0.3 is 0 Å². The number of hydrogen-bond acceptors (Lipinski definition) is 3. The van der Waals surface area contributed by atoms with Crippen molar-refractivity contribution in [3.63, 3.8) is 0 Å². The second-order valence-corrected chi connectivity index (χ2v) is 4.75. The number of guanidine groups is 1. The van der Waals surface area contributed by atoms with Crippen molar-refractivity contribution in [1.29, 1.82) is 0 Å². The lowest BCUT2D eigenvalue weighted by atomic mass is 10.2. The van der Waals surface area contributed by atoms with E-state index >= 15 is 0 Å². The summed E-state index contributed by atoms with van der Waals surface area (Å²) in [6.45, 7) is 0.535. The maximum Gasteiger partial charge on any atom is 0.195 e. The predicted molar refractivity (Wildman–Crippen MR) is 89.8 cm³/mol. The molecule has 0 amide bonds. The number of benzene rings is 2. The van der Waals surface area contributed by atoms with Crippen LogP contribution >= 0.6 is 0 Å². The number of halogens is 1. The molecule has 0 heterocycles. The van der Waals surface area contributed by atoms with Crippen molar-refractivity contribution < 1.29 is 13.9 Å². The van der Waals surface area contributed by atoms with Gasteiger partial charge in [-0.3, -0.25) is 4.99 Å². The van der Waals surface area contributed by atoms with Crippen molar-refractivity contribution in [3.8, 4) is 11.5 Å². The van der Waals surface area contributed by atoms with Crippen LogP contribution in [-0.4, -0.2) is 27.2 Å². The van der Waals surface area contributed by atoms with Gasteiger partial charge in [-0.2, -0.15) is 0 Å². The van der Waals surface area contributed by atoms with Gasteiger partial charge in [0.2, 0.25) is 0 Å². The Morgan fingerprint density at radius 3 is 2.35 bits per heavy atom. The molecule has 0 aliphatic rings. The van der Waals surface area contributed by atoms with Crippen molar-refractivity contribution in [1.82, 2.24) is 5.32 Å². The molecule has 0 saturated heterocycles. The topological polar surface area (TPSA) is 54.9 Å². The molecule has 0 atom stereocenters. The summed E-state index contributed by atoms with van der Waals surface area (Å²) in [6, 6.07) is 11.8. The van der Waals surface area contributed by atoms with E-state index < -0.39 is 0 Å². The molecule has 0 spiro atoms. The molecule has 0 aliphatic heterocycles. The van der Waals surface area contributed by atoms with Crippen molar-refractivity contribution in [2.24, 2.45) is 4.99 Å². The summed E-state index contributed by atoms with van der Waals surface area (Å²) < 4.78 is 23.4. The maximum absolute atomic E-state index is 12.9. The Bertz CT molecular complexity index is 672. The van der Waals surface area contributed by atoms with Gasteiger partial charge in [-0.05, 0) is 29.8 Å². The highest BCUT2D eigenvalue weighted by molar-refractivity contribution is 5.93. The molecule has 23 heavy (non-hydrogen) atoms. The quantitative estimate of drug-likeness (QED) is 0.657. The Hall–Kier alpha value is -2.76. The molecule has 0 fully saturated rings. The summed E-state index contributed by atoms with van der Waals surface area (Å²) in [6.07, 6.45) is 0. The van der Waals surface area contributed by atoms with Gasteiger partial charge in [-0.15, -0.1) is 0 Å². The van der Waals surface area contributed by atoms with Gasteiger partial charge in [0.05, 0.1) is 14.2 Å². The van der Waals surface area contributed by atoms with Gasteiger partial charge in [-0.1, -0.05) is 12.1 Å². The van der Waals surface area contributed by atoms with Gasteiger partial charge in [0, 0.05) is 25.3 Å². The van der Waals surface area contributed by atoms with Crippen LogP contribution in [0.2, 0.25) is 0 Å². The third-order valence-electron chi connectivity index (χ3n) is 3.24. The molecular formula is C17H20FN3O2. The molecule has 2 aromatic carbocycles. The summed E-state index contributed by atoms with van der Waals surface area (Å²) in [4.78, 5) is 4.16. The zero-order chi connectivity index (χ0) is 16.7. The molecule has 2 aromatic rings. The SMILES string of the molecule is CN=C(NCc1ccc(F)cc1)Nc1ccc(OC)c(OC)c1. The van der Waals surface area contributed by atoms with Crippen molar-refractivity contribution >= 4 is 11.6 Å². The minimum Gasteiger partial charge on any atom is -0.493 e. The number of methoxy groups -OCH3 is 2. The van der Waals surface area contributed by atoms with Gasteiger partial charge < -0.3 is 20.1 Å². The standard InChI is InChI=1S/C17H20FN3O2/c1-19-17(20-11-12-4-6-13(18)7-5-12)21-14-8-9-15(22-2)16(10-14)23-3/h4-10H,11H2,1-3H3,(H2,19,20,21). The third kappa shape index (κ3) is 4.60. The van der Waals surface area contributed by atoms with Crippen LogP contribution in [0, 0.1) is 5.82 Å². The van der Waals surface area contributed by atoms with Gasteiger partial charge in [-0.25, -0.2) is 4.39 Å². The minimum absolute atomic E-state index is 0.249. The second-order valence-electron chi connectivity index (χ2n) is 4.75. The highest BCUT2D eigenvalue weighted by atomic mass is 19.1. The smallest absolute Gasteiger partial charge is 0.195 e. The normalized spacial score (nSPS) is 11.0. The zero-order valence-corrected chi connectivity index (χ0v) is 13.4. The molecule has 5 nitrogen and oxygen atoms in total. The number of anilines is 1. The van der Waals surface area contributed by atoms with Crippen molar-refractivity contribution in [2.45, 2.75) is 6.54 Å². The van der Waals surface area contributed by atoms with Crippen molar-refractivity contribution in [2.75, 3.05) is 26.6 Å². The highest BCUT2D eigenvalue weighted by Gasteiger charge is 2.06. The zero-order valence-electron chi connectivity index (χ0n) is 13.4. The molecule has 0 aromatic heterocycles. The molecular weight excluding hydrogens is 297 g/mol. The van der Waals surface area contributed by atoms with E-state index in [-0.39, 0.29) is 5.82 Å². The van der Waals surface area contributed by atoms with E-state index in [1.807, 2.05) is 18.2 Å². The van der Waals surface area contributed by atoms with Crippen LogP contribution in [0.5, 0.6) is 11.5 Å². The Morgan fingerprint density at radius 2 is 1.74 bits per heavy atom. The van der Waals surface area contributed by atoms with Crippen molar-refractivity contribution in [3.05, 3.63) is 53.8 Å². The second kappa shape index (κ2) is 8.03. The molecule has 0 radical (unpaired) electrons. The predicted octanol–water partition coefficient (Wildman–Crippen LogP) is 3.03. The van der Waals surface area contributed by atoms with E-state index in [4.69, 9.17) is 9.47 Å². The van der Waals surface area contributed by atoms with Crippen LogP contribution < -0.4 is 20.1 Å². The lowest BCUT2D eigenvalue weighted by Gasteiger charge is -2.14. The molecule has 0 bridgehead atoms. The first-order chi connectivity index (χ1) is 11.2. The summed E-state index contributed by atoms with van der Waals surface area (Å²) >= 11 is 0. The van der Waals surface area contributed by atoms with Gasteiger partial charge in [0.15, 0.2) is 17.5 Å². The number of rotatable bonds is 5. The van der Waals surface area contributed by atoms with Crippen LogP contribution in [0.25, 0.3) is 0 Å². The number of ether oxygens (including phenoxy) is 2. The number of nitrogens with one attached hydrogen (secondary N) is 2. The molecule has 0 aliphatic carbocycles. The molecule has 122 valence electrons. The number of aliphatic imine (C=N–C) groups is 1. The number of hydrogen-bond donors (Lipinski definition) is 2. The fourth-order valence-electron chi connectivity index (χ4n) is 2.02. The summed E-state index contributed by atoms with van der Waals surface area (Å²) in [5, 5.41) is 6.33. The van der Waals surface area contributed by atoms with Gasteiger partial charge in [0.25, 0.3) is 0 Å². The van der Waals surface area contributed by atoms with Crippen LogP contribution in [0.4, 0.5) is 10.1 Å². The first-order valence-electron chi connectivity index (χ1n) is 7.10. The Balaban J connectivity index is 2.00. The third-order valence-corrected chi connectivity index (χ3v) is 3.24. The summed E-state index contributed by atoms with van der Waals surface area (Å²) in [5.74, 6) is 1.64. The monoisotopic (exact) mass is 317 g/mol. The molecule has 2 N–H and O–H groups in total. The van der Waals surface area contributed by atoms with Gasteiger partial charge in [0.1, 0.15) is 5.82 Å². The van der Waals surface area contributed by atoms with Crippen LogP contribution in [0.15, 0.2) is 47.5 Å². The first kappa shape index (κ1) is 16.6. The summed E-state index contributed by atoms with van der Waals surface area (Å²) in [5.41, 5.74) is 1.77. The van der Waals surface area contributed by atoms with Crippen LogP contribution in [0.3, 0.4) is 0 Å². The lowest BCUT2D eigenvalue weighted by Crippen LogP contribution is -2.30. The summed E-state index contributed by atoms with van der Waals surface area (Å²) in [7, 11) is 4.86. The van der Waals surface area contributed by atoms with E-state index in [1.165, 1.54) is 12.1 Å². The average Bonchev–Trinajstić information content (AvgIpc) is 2.59. The molecule has 6 heteroatoms. The van der Waals surface area contributed by atoms with E-state index in [2.05, 4.69) is 15.6 Å². The Morgan fingerprint density at radius 1 is 1.04 bits per heavy atom. The Kier molecular flexibility index (Phi) is 5.80. The highest BCUT2D eigenvalue weighted by Crippen LogP contribution is 2.29. The Labute approximate surface area is 135 Å². The number of nitrogens with zero attached hydrogens (tertiary/aromatic N) is 1. The van der Waals surface area contributed by atoms with Crippen LogP contribution in [0.1, 0.15) is 5.56 Å².